The predicted molar refractivity (Wildman–Crippen MR) is 72.1 cm³/mol. The first-order valence-corrected chi connectivity index (χ1v) is 6.36. The Kier molecular flexibility index (Phi) is 5.22. The van der Waals surface area contributed by atoms with Crippen molar-refractivity contribution in [3.05, 3.63) is 23.7 Å². The summed E-state index contributed by atoms with van der Waals surface area (Å²) in [5.74, 6) is 2.09. The number of rotatable bonds is 7. The van der Waals surface area contributed by atoms with Gasteiger partial charge in [0.15, 0.2) is 0 Å². The van der Waals surface area contributed by atoms with Crippen molar-refractivity contribution in [2.24, 2.45) is 5.41 Å². The summed E-state index contributed by atoms with van der Waals surface area (Å²) < 4.78 is 5.66. The van der Waals surface area contributed by atoms with E-state index in [1.54, 1.807) is 0 Å². The van der Waals surface area contributed by atoms with Crippen molar-refractivity contribution in [1.29, 1.82) is 0 Å². The van der Waals surface area contributed by atoms with Crippen molar-refractivity contribution in [2.75, 3.05) is 27.2 Å². The molecule has 0 aliphatic heterocycles. The largest absolute Gasteiger partial charge is 0.465 e. The van der Waals surface area contributed by atoms with Crippen molar-refractivity contribution >= 4 is 0 Å². The first-order valence-electron chi connectivity index (χ1n) is 6.36. The predicted octanol–water partition coefficient (Wildman–Crippen LogP) is 2.52. The molecule has 0 radical (unpaired) electrons. The molecule has 3 heteroatoms. The maximum atomic E-state index is 5.66. The third kappa shape index (κ3) is 5.37. The van der Waals surface area contributed by atoms with Crippen LogP contribution in [0.25, 0.3) is 0 Å². The van der Waals surface area contributed by atoms with E-state index >= 15 is 0 Å². The second-order valence-corrected chi connectivity index (χ2v) is 5.73. The highest BCUT2D eigenvalue weighted by atomic mass is 16.3. The molecular formula is C14H26N2O. The molecule has 0 unspecified atom stereocenters. The molecule has 0 saturated carbocycles. The lowest BCUT2D eigenvalue weighted by Gasteiger charge is -2.28. The first-order chi connectivity index (χ1) is 7.93. The lowest BCUT2D eigenvalue weighted by molar-refractivity contribution is 0.230. The Morgan fingerprint density at radius 1 is 1.24 bits per heavy atom. The monoisotopic (exact) mass is 238 g/mol. The van der Waals surface area contributed by atoms with E-state index in [1.165, 1.54) is 0 Å². The van der Waals surface area contributed by atoms with E-state index in [-0.39, 0.29) is 5.41 Å². The Hall–Kier alpha value is -0.800. The molecular weight excluding hydrogens is 212 g/mol. The standard InChI is InChI=1S/C14H26N2O/c1-6-12-7-8-13(17-12)9-15-10-14(2,3)11-16(4)5/h7-8,15H,6,9-11H2,1-5H3. The molecule has 1 N–H and O–H groups in total. The van der Waals surface area contributed by atoms with Gasteiger partial charge < -0.3 is 14.6 Å². The van der Waals surface area contributed by atoms with Gasteiger partial charge in [-0.15, -0.1) is 0 Å². The minimum Gasteiger partial charge on any atom is -0.465 e. The van der Waals surface area contributed by atoms with Gasteiger partial charge in [-0.3, -0.25) is 0 Å². The second-order valence-electron chi connectivity index (χ2n) is 5.73. The number of aryl methyl sites for hydroxylation is 1. The van der Waals surface area contributed by atoms with Crippen LogP contribution in [-0.4, -0.2) is 32.1 Å². The van der Waals surface area contributed by atoms with E-state index in [0.29, 0.717) is 0 Å². The van der Waals surface area contributed by atoms with Gasteiger partial charge in [0.25, 0.3) is 0 Å². The number of nitrogens with zero attached hydrogens (tertiary/aromatic N) is 1. The Balaban J connectivity index is 2.31. The third-order valence-corrected chi connectivity index (χ3v) is 2.71. The summed E-state index contributed by atoms with van der Waals surface area (Å²) in [6, 6.07) is 4.12. The molecule has 17 heavy (non-hydrogen) atoms. The molecule has 98 valence electrons. The van der Waals surface area contributed by atoms with Crippen molar-refractivity contribution in [3.63, 3.8) is 0 Å². The van der Waals surface area contributed by atoms with Crippen LogP contribution in [0.15, 0.2) is 16.5 Å². The molecule has 0 aliphatic rings. The SMILES string of the molecule is CCc1ccc(CNCC(C)(C)CN(C)C)o1. The molecule has 0 fully saturated rings. The van der Waals surface area contributed by atoms with Gasteiger partial charge in [0.1, 0.15) is 11.5 Å². The van der Waals surface area contributed by atoms with Crippen molar-refractivity contribution in [3.8, 4) is 0 Å². The van der Waals surface area contributed by atoms with E-state index in [4.69, 9.17) is 4.42 Å². The van der Waals surface area contributed by atoms with Crippen LogP contribution in [0, 0.1) is 5.41 Å². The van der Waals surface area contributed by atoms with Crippen molar-refractivity contribution < 1.29 is 4.42 Å². The average Bonchev–Trinajstić information content (AvgIpc) is 2.63. The first kappa shape index (κ1) is 14.3. The van der Waals surface area contributed by atoms with Crippen LogP contribution >= 0.6 is 0 Å². The van der Waals surface area contributed by atoms with Gasteiger partial charge in [0, 0.05) is 19.5 Å². The summed E-state index contributed by atoms with van der Waals surface area (Å²) in [5.41, 5.74) is 0.281. The van der Waals surface area contributed by atoms with Gasteiger partial charge >= 0.3 is 0 Å². The van der Waals surface area contributed by atoms with Crippen LogP contribution in [-0.2, 0) is 13.0 Å². The highest BCUT2D eigenvalue weighted by Crippen LogP contribution is 2.15. The van der Waals surface area contributed by atoms with Crippen LogP contribution < -0.4 is 5.32 Å². The van der Waals surface area contributed by atoms with Crippen LogP contribution in [0.1, 0.15) is 32.3 Å². The summed E-state index contributed by atoms with van der Waals surface area (Å²) >= 11 is 0. The van der Waals surface area contributed by atoms with Gasteiger partial charge in [-0.25, -0.2) is 0 Å². The quantitative estimate of drug-likeness (QED) is 0.791. The van der Waals surface area contributed by atoms with Gasteiger partial charge in [-0.2, -0.15) is 0 Å². The lowest BCUT2D eigenvalue weighted by atomic mass is 9.93. The van der Waals surface area contributed by atoms with Crippen LogP contribution in [0.2, 0.25) is 0 Å². The van der Waals surface area contributed by atoms with E-state index < -0.39 is 0 Å². The smallest absolute Gasteiger partial charge is 0.117 e. The van der Waals surface area contributed by atoms with Crippen molar-refractivity contribution in [2.45, 2.75) is 33.7 Å². The van der Waals surface area contributed by atoms with Crippen LogP contribution in [0.5, 0.6) is 0 Å². The van der Waals surface area contributed by atoms with Crippen LogP contribution in [0.4, 0.5) is 0 Å². The molecule has 0 bridgehead atoms. The number of hydrogen-bond donors (Lipinski definition) is 1. The number of nitrogens with one attached hydrogen (secondary N) is 1. The summed E-state index contributed by atoms with van der Waals surface area (Å²) in [5, 5.41) is 3.46. The highest BCUT2D eigenvalue weighted by molar-refractivity contribution is 5.06. The molecule has 0 amide bonds. The number of hydrogen-bond acceptors (Lipinski definition) is 3. The molecule has 0 aromatic carbocycles. The topological polar surface area (TPSA) is 28.4 Å². The third-order valence-electron chi connectivity index (χ3n) is 2.71. The van der Waals surface area contributed by atoms with E-state index in [9.17, 15) is 0 Å². The zero-order chi connectivity index (χ0) is 12.9. The zero-order valence-electron chi connectivity index (χ0n) is 11.8. The van der Waals surface area contributed by atoms with Gasteiger partial charge in [-0.05, 0) is 31.6 Å². The highest BCUT2D eigenvalue weighted by Gasteiger charge is 2.18. The Morgan fingerprint density at radius 3 is 2.41 bits per heavy atom. The minimum atomic E-state index is 0.281. The normalized spacial score (nSPS) is 12.4. The Labute approximate surface area is 105 Å². The second kappa shape index (κ2) is 6.22. The van der Waals surface area contributed by atoms with Gasteiger partial charge in [-0.1, -0.05) is 20.8 Å². The minimum absolute atomic E-state index is 0.281. The maximum Gasteiger partial charge on any atom is 0.117 e. The van der Waals surface area contributed by atoms with Gasteiger partial charge in [0.05, 0.1) is 6.54 Å². The fourth-order valence-electron chi connectivity index (χ4n) is 2.14. The zero-order valence-corrected chi connectivity index (χ0v) is 11.8. The average molecular weight is 238 g/mol. The molecule has 0 atom stereocenters. The summed E-state index contributed by atoms with van der Waals surface area (Å²) in [6.45, 7) is 9.55. The Morgan fingerprint density at radius 2 is 1.88 bits per heavy atom. The molecule has 1 heterocycles. The van der Waals surface area contributed by atoms with Crippen LogP contribution in [0.3, 0.4) is 0 Å². The summed E-state index contributed by atoms with van der Waals surface area (Å²) in [4.78, 5) is 2.23. The molecule has 1 rings (SSSR count). The maximum absolute atomic E-state index is 5.66. The summed E-state index contributed by atoms with van der Waals surface area (Å²) in [7, 11) is 4.23. The fourth-order valence-corrected chi connectivity index (χ4v) is 2.14. The lowest BCUT2D eigenvalue weighted by Crippen LogP contribution is -2.37. The fraction of sp³-hybridized carbons (Fsp3) is 0.714. The van der Waals surface area contributed by atoms with E-state index in [2.05, 4.69) is 57.2 Å². The molecule has 1 aromatic rings. The molecule has 0 saturated heterocycles. The van der Waals surface area contributed by atoms with E-state index in [0.717, 1.165) is 37.6 Å². The van der Waals surface area contributed by atoms with E-state index in [1.807, 2.05) is 0 Å². The summed E-state index contributed by atoms with van der Waals surface area (Å²) in [6.07, 6.45) is 0.964. The molecule has 0 aliphatic carbocycles. The Bertz CT molecular complexity index is 329. The molecule has 1 aromatic heterocycles. The number of furan rings is 1. The van der Waals surface area contributed by atoms with Crippen molar-refractivity contribution in [1.82, 2.24) is 10.2 Å². The van der Waals surface area contributed by atoms with Gasteiger partial charge in [0.2, 0.25) is 0 Å². The molecule has 3 nitrogen and oxygen atoms in total. The molecule has 0 spiro atoms.